The third kappa shape index (κ3) is 3.77. The lowest BCUT2D eigenvalue weighted by atomic mass is 10.1. The Morgan fingerprint density at radius 1 is 1.30 bits per heavy atom. The first-order valence-electron chi connectivity index (χ1n) is 7.28. The van der Waals surface area contributed by atoms with Gasteiger partial charge in [-0.15, -0.1) is 0 Å². The number of aromatic nitrogens is 1. The fourth-order valence-electron chi connectivity index (χ4n) is 2.27. The van der Waals surface area contributed by atoms with Crippen LogP contribution in [0, 0.1) is 12.7 Å². The van der Waals surface area contributed by atoms with Crippen molar-refractivity contribution in [3.8, 4) is 5.75 Å². The Balaban J connectivity index is 2.24. The number of amides is 1. The monoisotopic (exact) mass is 318 g/mol. The number of aromatic amines is 1. The van der Waals surface area contributed by atoms with E-state index in [9.17, 15) is 14.0 Å². The van der Waals surface area contributed by atoms with Crippen LogP contribution < -0.4 is 10.3 Å². The number of carbonyl (C=O) groups excluding carboxylic acids is 1. The molecule has 1 N–H and O–H groups in total. The predicted molar refractivity (Wildman–Crippen MR) is 85.2 cm³/mol. The fraction of sp³-hybridized carbons (Fsp3) is 0.294. The molecule has 2 aromatic rings. The molecule has 5 nitrogen and oxygen atoms in total. The highest BCUT2D eigenvalue weighted by Gasteiger charge is 2.18. The molecule has 2 rings (SSSR count). The van der Waals surface area contributed by atoms with Crippen LogP contribution in [-0.2, 0) is 6.54 Å². The Bertz CT molecular complexity index is 771. The van der Waals surface area contributed by atoms with E-state index in [4.69, 9.17) is 4.74 Å². The minimum atomic E-state index is -0.485. The molecule has 23 heavy (non-hydrogen) atoms. The standard InChI is InChI=1S/C17H19FN2O3/c1-4-20(10-12-6-8-15(23-3)14(18)9-12)17(22)13-7-5-11(2)19-16(13)21/h5-9H,4,10H2,1-3H3,(H,19,21). The zero-order valence-corrected chi connectivity index (χ0v) is 13.4. The van der Waals surface area contributed by atoms with Crippen molar-refractivity contribution >= 4 is 5.91 Å². The van der Waals surface area contributed by atoms with Crippen LogP contribution in [0.2, 0.25) is 0 Å². The Morgan fingerprint density at radius 2 is 2.04 bits per heavy atom. The number of aryl methyl sites for hydroxylation is 1. The van der Waals surface area contributed by atoms with Crippen LogP contribution in [0.3, 0.4) is 0 Å². The maximum Gasteiger partial charge on any atom is 0.260 e. The van der Waals surface area contributed by atoms with Crippen LogP contribution >= 0.6 is 0 Å². The van der Waals surface area contributed by atoms with Crippen molar-refractivity contribution in [1.82, 2.24) is 9.88 Å². The molecule has 0 fully saturated rings. The molecule has 0 unspecified atom stereocenters. The number of methoxy groups -OCH3 is 1. The minimum Gasteiger partial charge on any atom is -0.494 e. The second kappa shape index (κ2) is 7.09. The van der Waals surface area contributed by atoms with Crippen LogP contribution in [0.5, 0.6) is 5.75 Å². The molecule has 0 bridgehead atoms. The van der Waals surface area contributed by atoms with Crippen LogP contribution in [0.4, 0.5) is 4.39 Å². The minimum absolute atomic E-state index is 0.0754. The highest BCUT2D eigenvalue weighted by atomic mass is 19.1. The molecule has 6 heteroatoms. The summed E-state index contributed by atoms with van der Waals surface area (Å²) in [7, 11) is 1.39. The first-order chi connectivity index (χ1) is 11.0. The quantitative estimate of drug-likeness (QED) is 0.921. The zero-order valence-electron chi connectivity index (χ0n) is 13.4. The number of benzene rings is 1. The van der Waals surface area contributed by atoms with E-state index in [1.54, 1.807) is 26.0 Å². The Hall–Kier alpha value is -2.63. The lowest BCUT2D eigenvalue weighted by Crippen LogP contribution is -2.34. The average molecular weight is 318 g/mol. The van der Waals surface area contributed by atoms with Crippen molar-refractivity contribution in [3.05, 3.63) is 63.3 Å². The van der Waals surface area contributed by atoms with Gasteiger partial charge in [-0.05, 0) is 43.7 Å². The van der Waals surface area contributed by atoms with Crippen LogP contribution in [0.25, 0.3) is 0 Å². The molecular weight excluding hydrogens is 299 g/mol. The largest absolute Gasteiger partial charge is 0.494 e. The molecule has 0 atom stereocenters. The molecule has 0 saturated heterocycles. The summed E-state index contributed by atoms with van der Waals surface area (Å²) in [6.45, 7) is 4.16. The Labute approximate surface area is 133 Å². The van der Waals surface area contributed by atoms with Gasteiger partial charge in [0.25, 0.3) is 11.5 Å². The highest BCUT2D eigenvalue weighted by Crippen LogP contribution is 2.19. The molecule has 0 aliphatic heterocycles. The molecular formula is C17H19FN2O3. The van der Waals surface area contributed by atoms with Crippen molar-refractivity contribution in [1.29, 1.82) is 0 Å². The summed E-state index contributed by atoms with van der Waals surface area (Å²) in [5.74, 6) is -0.718. The number of ether oxygens (including phenoxy) is 1. The topological polar surface area (TPSA) is 62.4 Å². The van der Waals surface area contributed by atoms with E-state index in [0.29, 0.717) is 17.8 Å². The molecule has 0 saturated carbocycles. The van der Waals surface area contributed by atoms with Crippen molar-refractivity contribution in [2.24, 2.45) is 0 Å². The van der Waals surface area contributed by atoms with Crippen LogP contribution in [0.15, 0.2) is 35.1 Å². The molecule has 0 aliphatic carbocycles. The van der Waals surface area contributed by atoms with Gasteiger partial charge in [-0.2, -0.15) is 0 Å². The van der Waals surface area contributed by atoms with E-state index in [1.807, 2.05) is 0 Å². The molecule has 0 spiro atoms. The molecule has 1 amide bonds. The molecule has 1 aromatic carbocycles. The van der Waals surface area contributed by atoms with E-state index in [1.165, 1.54) is 30.2 Å². The van der Waals surface area contributed by atoms with Gasteiger partial charge in [-0.1, -0.05) is 6.07 Å². The summed E-state index contributed by atoms with van der Waals surface area (Å²) in [4.78, 5) is 28.5. The lowest BCUT2D eigenvalue weighted by molar-refractivity contribution is 0.0750. The highest BCUT2D eigenvalue weighted by molar-refractivity contribution is 5.93. The number of nitrogens with one attached hydrogen (secondary N) is 1. The Kier molecular flexibility index (Phi) is 5.16. The number of hydrogen-bond donors (Lipinski definition) is 1. The van der Waals surface area contributed by atoms with Crippen molar-refractivity contribution in [3.63, 3.8) is 0 Å². The Morgan fingerprint density at radius 3 is 2.61 bits per heavy atom. The lowest BCUT2D eigenvalue weighted by Gasteiger charge is -2.21. The molecule has 0 aliphatic rings. The van der Waals surface area contributed by atoms with Crippen molar-refractivity contribution in [2.45, 2.75) is 20.4 Å². The molecule has 122 valence electrons. The number of hydrogen-bond acceptors (Lipinski definition) is 3. The summed E-state index contributed by atoms with van der Waals surface area (Å²) in [6.07, 6.45) is 0. The number of pyridine rings is 1. The fourth-order valence-corrected chi connectivity index (χ4v) is 2.27. The molecule has 1 aromatic heterocycles. The summed E-state index contributed by atoms with van der Waals surface area (Å²) in [6, 6.07) is 7.72. The number of carbonyl (C=O) groups is 1. The second-order valence-electron chi connectivity index (χ2n) is 5.17. The number of nitrogens with zero attached hydrogens (tertiary/aromatic N) is 1. The van der Waals surface area contributed by atoms with E-state index in [-0.39, 0.29) is 23.8 Å². The predicted octanol–water partition coefficient (Wildman–Crippen LogP) is 2.49. The second-order valence-corrected chi connectivity index (χ2v) is 5.17. The van der Waals surface area contributed by atoms with Gasteiger partial charge in [0.1, 0.15) is 5.56 Å². The van der Waals surface area contributed by atoms with E-state index in [2.05, 4.69) is 4.98 Å². The van der Waals surface area contributed by atoms with E-state index < -0.39 is 11.4 Å². The normalized spacial score (nSPS) is 10.4. The van der Waals surface area contributed by atoms with Gasteiger partial charge in [0.05, 0.1) is 7.11 Å². The summed E-state index contributed by atoms with van der Waals surface area (Å²) >= 11 is 0. The van der Waals surface area contributed by atoms with Gasteiger partial charge in [0.15, 0.2) is 11.6 Å². The summed E-state index contributed by atoms with van der Waals surface area (Å²) in [5.41, 5.74) is 0.967. The zero-order chi connectivity index (χ0) is 17.0. The number of H-pyrrole nitrogens is 1. The SMILES string of the molecule is CCN(Cc1ccc(OC)c(F)c1)C(=O)c1ccc(C)[nH]c1=O. The van der Waals surface area contributed by atoms with E-state index in [0.717, 1.165) is 0 Å². The van der Waals surface area contributed by atoms with Crippen LogP contribution in [-0.4, -0.2) is 29.4 Å². The summed E-state index contributed by atoms with van der Waals surface area (Å²) < 4.78 is 18.6. The first-order valence-corrected chi connectivity index (χ1v) is 7.28. The maximum atomic E-state index is 13.8. The third-order valence-corrected chi connectivity index (χ3v) is 3.54. The first kappa shape index (κ1) is 16.7. The molecule has 1 heterocycles. The summed E-state index contributed by atoms with van der Waals surface area (Å²) in [5, 5.41) is 0. The number of rotatable bonds is 5. The van der Waals surface area contributed by atoms with Crippen molar-refractivity contribution in [2.75, 3.05) is 13.7 Å². The van der Waals surface area contributed by atoms with Gasteiger partial charge in [-0.25, -0.2) is 4.39 Å². The van der Waals surface area contributed by atoms with Gasteiger partial charge in [-0.3, -0.25) is 9.59 Å². The van der Waals surface area contributed by atoms with Gasteiger partial charge in [0, 0.05) is 18.8 Å². The van der Waals surface area contributed by atoms with Gasteiger partial charge >= 0.3 is 0 Å². The van der Waals surface area contributed by atoms with Crippen molar-refractivity contribution < 1.29 is 13.9 Å². The average Bonchev–Trinajstić information content (AvgIpc) is 2.52. The van der Waals surface area contributed by atoms with Crippen LogP contribution in [0.1, 0.15) is 28.5 Å². The maximum absolute atomic E-state index is 13.8. The number of halogens is 1. The third-order valence-electron chi connectivity index (χ3n) is 3.54. The van der Waals surface area contributed by atoms with E-state index >= 15 is 0 Å². The molecule has 0 radical (unpaired) electrons. The van der Waals surface area contributed by atoms with Gasteiger partial charge < -0.3 is 14.6 Å². The smallest absolute Gasteiger partial charge is 0.260 e. The van der Waals surface area contributed by atoms with Gasteiger partial charge in [0.2, 0.25) is 0 Å².